The highest BCUT2D eigenvalue weighted by molar-refractivity contribution is 14.0. The summed E-state index contributed by atoms with van der Waals surface area (Å²) in [6.45, 7) is 4.34. The summed E-state index contributed by atoms with van der Waals surface area (Å²) >= 11 is 0. The second-order valence-electron chi connectivity index (χ2n) is 5.73. The number of rotatable bonds is 6. The first-order chi connectivity index (χ1) is 12.0. The number of benzene rings is 2. The molecule has 2 aromatic rings. The Morgan fingerprint density at radius 2 is 1.77 bits per heavy atom. The first-order valence-corrected chi connectivity index (χ1v) is 8.13. The highest BCUT2D eigenvalue weighted by Crippen LogP contribution is 2.16. The van der Waals surface area contributed by atoms with Crippen molar-refractivity contribution in [2.75, 3.05) is 13.6 Å². The zero-order valence-electron chi connectivity index (χ0n) is 15.0. The van der Waals surface area contributed by atoms with Crippen LogP contribution in [0.5, 0.6) is 5.75 Å². The molecule has 0 aliphatic heterocycles. The van der Waals surface area contributed by atoms with Crippen molar-refractivity contribution in [3.8, 4) is 5.75 Å². The van der Waals surface area contributed by atoms with E-state index in [-0.39, 0.29) is 36.1 Å². The number of ether oxygens (including phenoxy) is 1. The zero-order chi connectivity index (χ0) is 18.2. The Labute approximate surface area is 170 Å². The minimum atomic E-state index is -0.862. The molecule has 2 rings (SSSR count). The number of nitrogens with zero attached hydrogens (tertiary/aromatic N) is 1. The Kier molecular flexibility index (Phi) is 9.32. The maximum absolute atomic E-state index is 13.4. The molecule has 142 valence electrons. The molecule has 0 bridgehead atoms. The average molecular weight is 475 g/mol. The van der Waals surface area contributed by atoms with E-state index in [4.69, 9.17) is 4.74 Å². The van der Waals surface area contributed by atoms with Crippen LogP contribution >= 0.6 is 24.0 Å². The third-order valence-electron chi connectivity index (χ3n) is 3.66. The van der Waals surface area contributed by atoms with Crippen LogP contribution in [0.15, 0.2) is 53.5 Å². The molecule has 0 radical (unpaired) electrons. The molecule has 0 heterocycles. The molecule has 26 heavy (non-hydrogen) atoms. The fraction of sp³-hybridized carbons (Fsp3) is 0.316. The second kappa shape index (κ2) is 10.9. The lowest BCUT2D eigenvalue weighted by atomic mass is 10.1. The predicted molar refractivity (Wildman–Crippen MR) is 111 cm³/mol. The predicted octanol–water partition coefficient (Wildman–Crippen LogP) is 4.28. The minimum Gasteiger partial charge on any atom is -0.489 e. The Balaban J connectivity index is 0.00000338. The summed E-state index contributed by atoms with van der Waals surface area (Å²) in [5, 5.41) is 6.31. The first kappa shape index (κ1) is 22.1. The standard InChI is InChI=1S/C19H23F2N3O.HI/c1-13(25-16-7-5-4-6-8-16)12-23-19(22-3)24-14(2)15-9-10-17(20)18(21)11-15;/h4-11,13-14H,12H2,1-3H3,(H2,22,23,24);1H. The van der Waals surface area contributed by atoms with Gasteiger partial charge in [0.2, 0.25) is 0 Å². The van der Waals surface area contributed by atoms with E-state index in [1.807, 2.05) is 44.2 Å². The molecule has 0 aromatic heterocycles. The molecule has 2 aromatic carbocycles. The summed E-state index contributed by atoms with van der Waals surface area (Å²) in [7, 11) is 1.65. The summed E-state index contributed by atoms with van der Waals surface area (Å²) in [6.07, 6.45) is -0.0699. The van der Waals surface area contributed by atoms with E-state index in [9.17, 15) is 8.78 Å². The van der Waals surface area contributed by atoms with Gasteiger partial charge in [-0.05, 0) is 43.7 Å². The molecule has 0 amide bonds. The molecule has 2 atom stereocenters. The van der Waals surface area contributed by atoms with Gasteiger partial charge in [0.15, 0.2) is 17.6 Å². The molecule has 0 fully saturated rings. The number of para-hydroxylation sites is 1. The van der Waals surface area contributed by atoms with Gasteiger partial charge in [-0.15, -0.1) is 24.0 Å². The highest BCUT2D eigenvalue weighted by Gasteiger charge is 2.12. The molecule has 2 N–H and O–H groups in total. The van der Waals surface area contributed by atoms with Crippen molar-refractivity contribution >= 4 is 29.9 Å². The lowest BCUT2D eigenvalue weighted by Crippen LogP contribution is -2.42. The molecule has 0 aliphatic rings. The van der Waals surface area contributed by atoms with Gasteiger partial charge in [0.1, 0.15) is 11.9 Å². The Bertz CT molecular complexity index is 713. The Hall–Kier alpha value is -1.90. The summed E-state index contributed by atoms with van der Waals surface area (Å²) in [5.74, 6) is -0.361. The fourth-order valence-electron chi connectivity index (χ4n) is 2.28. The lowest BCUT2D eigenvalue weighted by Gasteiger charge is -2.21. The fourth-order valence-corrected chi connectivity index (χ4v) is 2.28. The number of guanidine groups is 1. The minimum absolute atomic E-state index is 0. The van der Waals surface area contributed by atoms with Crippen LogP contribution in [0, 0.1) is 11.6 Å². The van der Waals surface area contributed by atoms with Gasteiger partial charge in [-0.1, -0.05) is 24.3 Å². The van der Waals surface area contributed by atoms with Gasteiger partial charge in [0.25, 0.3) is 0 Å². The van der Waals surface area contributed by atoms with Crippen LogP contribution in [0.4, 0.5) is 8.78 Å². The number of hydrogen-bond donors (Lipinski definition) is 2. The van der Waals surface area contributed by atoms with Gasteiger partial charge >= 0.3 is 0 Å². The van der Waals surface area contributed by atoms with Gasteiger partial charge < -0.3 is 15.4 Å². The second-order valence-corrected chi connectivity index (χ2v) is 5.73. The van der Waals surface area contributed by atoms with Crippen molar-refractivity contribution in [2.24, 2.45) is 4.99 Å². The van der Waals surface area contributed by atoms with Gasteiger partial charge in [-0.25, -0.2) is 8.78 Å². The smallest absolute Gasteiger partial charge is 0.191 e. The van der Waals surface area contributed by atoms with Crippen molar-refractivity contribution < 1.29 is 13.5 Å². The molecule has 0 spiro atoms. The monoisotopic (exact) mass is 475 g/mol. The van der Waals surface area contributed by atoms with E-state index in [1.165, 1.54) is 6.07 Å². The maximum atomic E-state index is 13.4. The SMILES string of the molecule is CN=C(NCC(C)Oc1ccccc1)NC(C)c1ccc(F)c(F)c1.I. The van der Waals surface area contributed by atoms with Crippen LogP contribution in [0.1, 0.15) is 25.5 Å². The van der Waals surface area contributed by atoms with Crippen molar-refractivity contribution in [2.45, 2.75) is 26.0 Å². The van der Waals surface area contributed by atoms with Crippen LogP contribution < -0.4 is 15.4 Å². The molecule has 0 saturated carbocycles. The molecule has 4 nitrogen and oxygen atoms in total. The normalized spacial score (nSPS) is 13.3. The van der Waals surface area contributed by atoms with Crippen LogP contribution in [0.2, 0.25) is 0 Å². The topological polar surface area (TPSA) is 45.7 Å². The van der Waals surface area contributed by atoms with Crippen molar-refractivity contribution in [1.82, 2.24) is 10.6 Å². The highest BCUT2D eigenvalue weighted by atomic mass is 127. The third-order valence-corrected chi connectivity index (χ3v) is 3.66. The van der Waals surface area contributed by atoms with E-state index in [0.717, 1.165) is 11.8 Å². The number of nitrogens with one attached hydrogen (secondary N) is 2. The van der Waals surface area contributed by atoms with E-state index in [1.54, 1.807) is 13.1 Å². The zero-order valence-corrected chi connectivity index (χ0v) is 17.3. The third kappa shape index (κ3) is 6.78. The van der Waals surface area contributed by atoms with Gasteiger partial charge in [0, 0.05) is 7.05 Å². The first-order valence-electron chi connectivity index (χ1n) is 8.13. The number of halogens is 3. The van der Waals surface area contributed by atoms with Crippen LogP contribution in [0.25, 0.3) is 0 Å². The molecular formula is C19H24F2IN3O. The lowest BCUT2D eigenvalue weighted by molar-refractivity contribution is 0.223. The van der Waals surface area contributed by atoms with Crippen LogP contribution in [-0.2, 0) is 0 Å². The molecule has 2 unspecified atom stereocenters. The molecular weight excluding hydrogens is 451 g/mol. The van der Waals surface area contributed by atoms with E-state index in [2.05, 4.69) is 15.6 Å². The van der Waals surface area contributed by atoms with Crippen molar-refractivity contribution in [3.05, 3.63) is 65.7 Å². The van der Waals surface area contributed by atoms with Gasteiger partial charge in [-0.3, -0.25) is 4.99 Å². The molecule has 0 aliphatic carbocycles. The van der Waals surface area contributed by atoms with E-state index in [0.29, 0.717) is 18.1 Å². The van der Waals surface area contributed by atoms with Crippen molar-refractivity contribution in [1.29, 1.82) is 0 Å². The molecule has 7 heteroatoms. The summed E-state index contributed by atoms with van der Waals surface area (Å²) < 4.78 is 32.2. The van der Waals surface area contributed by atoms with E-state index < -0.39 is 11.6 Å². The Morgan fingerprint density at radius 3 is 2.38 bits per heavy atom. The van der Waals surface area contributed by atoms with Crippen LogP contribution in [-0.4, -0.2) is 25.7 Å². The summed E-state index contributed by atoms with van der Waals surface area (Å²) in [4.78, 5) is 4.14. The average Bonchev–Trinajstić information content (AvgIpc) is 2.61. The largest absolute Gasteiger partial charge is 0.489 e. The van der Waals surface area contributed by atoms with Gasteiger partial charge in [0.05, 0.1) is 12.6 Å². The molecule has 0 saturated heterocycles. The number of hydrogen-bond acceptors (Lipinski definition) is 2. The van der Waals surface area contributed by atoms with Gasteiger partial charge in [-0.2, -0.15) is 0 Å². The summed E-state index contributed by atoms with van der Waals surface area (Å²) in [6, 6.07) is 13.2. The van der Waals surface area contributed by atoms with Crippen molar-refractivity contribution in [3.63, 3.8) is 0 Å². The maximum Gasteiger partial charge on any atom is 0.191 e. The number of aliphatic imine (C=N–C) groups is 1. The Morgan fingerprint density at radius 1 is 1.08 bits per heavy atom. The van der Waals surface area contributed by atoms with Crippen LogP contribution in [0.3, 0.4) is 0 Å². The quantitative estimate of drug-likeness (QED) is 0.373. The summed E-state index contributed by atoms with van der Waals surface area (Å²) in [5.41, 5.74) is 0.635. The van der Waals surface area contributed by atoms with E-state index >= 15 is 0 Å².